The number of halogens is 1. The molecule has 0 radical (unpaired) electrons. The van der Waals surface area contributed by atoms with Gasteiger partial charge in [-0.05, 0) is 59.8 Å². The molecule has 3 heteroatoms. The van der Waals surface area contributed by atoms with Crippen LogP contribution in [0.2, 0.25) is 0 Å². The molecule has 0 aliphatic heterocycles. The first-order valence-electron chi connectivity index (χ1n) is 6.47. The summed E-state index contributed by atoms with van der Waals surface area (Å²) in [5.74, 6) is 0.678. The van der Waals surface area contributed by atoms with Crippen LogP contribution in [-0.2, 0) is 6.42 Å². The van der Waals surface area contributed by atoms with Gasteiger partial charge >= 0.3 is 0 Å². The Morgan fingerprint density at radius 1 is 1.35 bits per heavy atom. The summed E-state index contributed by atoms with van der Waals surface area (Å²) >= 11 is 3.41. The Labute approximate surface area is 113 Å². The molecular formula is C14H23BrN2. The molecule has 1 rings (SSSR count). The summed E-state index contributed by atoms with van der Waals surface area (Å²) in [6.07, 6.45) is 5.28. The van der Waals surface area contributed by atoms with Gasteiger partial charge in [0.05, 0.1) is 0 Å². The van der Waals surface area contributed by atoms with E-state index < -0.39 is 0 Å². The molecule has 1 atom stereocenters. The van der Waals surface area contributed by atoms with Crippen molar-refractivity contribution in [2.75, 3.05) is 6.54 Å². The molecular weight excluding hydrogens is 276 g/mol. The van der Waals surface area contributed by atoms with Crippen LogP contribution in [0.1, 0.15) is 39.3 Å². The van der Waals surface area contributed by atoms with Crippen LogP contribution in [0.15, 0.2) is 22.8 Å². The van der Waals surface area contributed by atoms with Crippen molar-refractivity contribution >= 4 is 15.9 Å². The fourth-order valence-electron chi connectivity index (χ4n) is 1.86. The number of pyridine rings is 1. The first kappa shape index (κ1) is 14.7. The van der Waals surface area contributed by atoms with E-state index in [2.05, 4.69) is 59.1 Å². The van der Waals surface area contributed by atoms with Crippen molar-refractivity contribution in [3.05, 3.63) is 28.5 Å². The second-order valence-corrected chi connectivity index (χ2v) is 5.73. The minimum Gasteiger partial charge on any atom is -0.314 e. The van der Waals surface area contributed by atoms with Crippen LogP contribution in [0.25, 0.3) is 0 Å². The van der Waals surface area contributed by atoms with Crippen LogP contribution < -0.4 is 5.32 Å². The summed E-state index contributed by atoms with van der Waals surface area (Å²) in [6, 6.07) is 4.76. The minimum atomic E-state index is 0.598. The van der Waals surface area contributed by atoms with Gasteiger partial charge in [-0.2, -0.15) is 0 Å². The van der Waals surface area contributed by atoms with Gasteiger partial charge in [-0.15, -0.1) is 0 Å². The van der Waals surface area contributed by atoms with Gasteiger partial charge in [0.25, 0.3) is 0 Å². The lowest BCUT2D eigenvalue weighted by Gasteiger charge is -2.22. The second kappa shape index (κ2) is 7.83. The average Bonchev–Trinajstić information content (AvgIpc) is 2.31. The van der Waals surface area contributed by atoms with Crippen molar-refractivity contribution < 1.29 is 0 Å². The van der Waals surface area contributed by atoms with Crippen LogP contribution in [0.5, 0.6) is 0 Å². The maximum atomic E-state index is 4.42. The van der Waals surface area contributed by atoms with Gasteiger partial charge < -0.3 is 5.32 Å². The lowest BCUT2D eigenvalue weighted by Crippen LogP contribution is -2.34. The fourth-order valence-corrected chi connectivity index (χ4v) is 2.09. The van der Waals surface area contributed by atoms with Gasteiger partial charge in [0.2, 0.25) is 0 Å². The van der Waals surface area contributed by atoms with Gasteiger partial charge in [0.15, 0.2) is 0 Å². The van der Waals surface area contributed by atoms with E-state index in [0.29, 0.717) is 12.0 Å². The highest BCUT2D eigenvalue weighted by Crippen LogP contribution is 2.12. The molecule has 96 valence electrons. The van der Waals surface area contributed by atoms with Gasteiger partial charge in [-0.1, -0.05) is 20.8 Å². The Morgan fingerprint density at radius 2 is 2.12 bits per heavy atom. The summed E-state index contributed by atoms with van der Waals surface area (Å²) in [6.45, 7) is 7.88. The number of nitrogens with one attached hydrogen (secondary N) is 1. The molecule has 0 saturated carbocycles. The van der Waals surface area contributed by atoms with Crippen molar-refractivity contribution in [1.29, 1.82) is 0 Å². The fraction of sp³-hybridized carbons (Fsp3) is 0.643. The molecule has 1 heterocycles. The molecule has 0 aliphatic rings. The van der Waals surface area contributed by atoms with Gasteiger partial charge in [-0.25, -0.2) is 0 Å². The van der Waals surface area contributed by atoms with E-state index in [1.165, 1.54) is 12.1 Å². The molecule has 1 aromatic heterocycles. The van der Waals surface area contributed by atoms with Crippen molar-refractivity contribution in [3.8, 4) is 0 Å². The summed E-state index contributed by atoms with van der Waals surface area (Å²) in [5, 5.41) is 3.61. The number of hydrogen-bond donors (Lipinski definition) is 1. The predicted molar refractivity (Wildman–Crippen MR) is 77.2 cm³/mol. The number of aryl methyl sites for hydroxylation is 1. The quantitative estimate of drug-likeness (QED) is 0.828. The Balaban J connectivity index is 2.43. The average molecular weight is 299 g/mol. The highest BCUT2D eigenvalue weighted by Gasteiger charge is 2.12. The van der Waals surface area contributed by atoms with Crippen LogP contribution in [0.3, 0.4) is 0 Å². The lowest BCUT2D eigenvalue weighted by atomic mass is 9.98. The molecule has 0 aromatic carbocycles. The van der Waals surface area contributed by atoms with Crippen LogP contribution >= 0.6 is 15.9 Å². The van der Waals surface area contributed by atoms with E-state index in [1.807, 2.05) is 6.20 Å². The summed E-state index contributed by atoms with van der Waals surface area (Å²) in [5.41, 5.74) is 1.18. The van der Waals surface area contributed by atoms with E-state index in [-0.39, 0.29) is 0 Å². The topological polar surface area (TPSA) is 24.9 Å². The molecule has 0 fully saturated rings. The smallest absolute Gasteiger partial charge is 0.0413 e. The summed E-state index contributed by atoms with van der Waals surface area (Å²) < 4.78 is 1.05. The molecule has 1 N–H and O–H groups in total. The SMILES string of the molecule is CCCNC(CCc1ccc(Br)cn1)C(C)C. The molecule has 0 saturated heterocycles. The van der Waals surface area contributed by atoms with Crippen LogP contribution in [-0.4, -0.2) is 17.6 Å². The zero-order valence-corrected chi connectivity index (χ0v) is 12.6. The van der Waals surface area contributed by atoms with Crippen molar-refractivity contribution in [2.24, 2.45) is 5.92 Å². The Bertz CT molecular complexity index is 309. The molecule has 1 aromatic rings. The third kappa shape index (κ3) is 5.64. The van der Waals surface area contributed by atoms with Crippen LogP contribution in [0, 0.1) is 5.92 Å². The maximum absolute atomic E-state index is 4.42. The Kier molecular flexibility index (Phi) is 6.75. The van der Waals surface area contributed by atoms with Crippen molar-refractivity contribution in [2.45, 2.75) is 46.1 Å². The first-order valence-corrected chi connectivity index (χ1v) is 7.26. The van der Waals surface area contributed by atoms with Crippen molar-refractivity contribution in [3.63, 3.8) is 0 Å². The number of rotatable bonds is 7. The van der Waals surface area contributed by atoms with Gasteiger partial charge in [0.1, 0.15) is 0 Å². The molecule has 0 bridgehead atoms. The van der Waals surface area contributed by atoms with Crippen molar-refractivity contribution in [1.82, 2.24) is 10.3 Å². The van der Waals surface area contributed by atoms with Gasteiger partial charge in [0, 0.05) is 22.4 Å². The van der Waals surface area contributed by atoms with E-state index in [4.69, 9.17) is 0 Å². The monoisotopic (exact) mass is 298 g/mol. The summed E-state index contributed by atoms with van der Waals surface area (Å²) in [7, 11) is 0. The molecule has 2 nitrogen and oxygen atoms in total. The Hall–Kier alpha value is -0.410. The second-order valence-electron chi connectivity index (χ2n) is 4.81. The number of aromatic nitrogens is 1. The highest BCUT2D eigenvalue weighted by atomic mass is 79.9. The lowest BCUT2D eigenvalue weighted by molar-refractivity contribution is 0.377. The van der Waals surface area contributed by atoms with E-state index >= 15 is 0 Å². The molecule has 17 heavy (non-hydrogen) atoms. The first-order chi connectivity index (χ1) is 8.13. The molecule has 0 aliphatic carbocycles. The zero-order valence-electron chi connectivity index (χ0n) is 11.0. The van der Waals surface area contributed by atoms with Crippen LogP contribution in [0.4, 0.5) is 0 Å². The highest BCUT2D eigenvalue weighted by molar-refractivity contribution is 9.10. The van der Waals surface area contributed by atoms with E-state index in [9.17, 15) is 0 Å². The normalized spacial score (nSPS) is 13.0. The zero-order chi connectivity index (χ0) is 12.7. The minimum absolute atomic E-state index is 0.598. The maximum Gasteiger partial charge on any atom is 0.0413 e. The molecule has 0 amide bonds. The van der Waals surface area contributed by atoms with Gasteiger partial charge in [-0.3, -0.25) is 4.98 Å². The molecule has 0 spiro atoms. The largest absolute Gasteiger partial charge is 0.314 e. The standard InChI is InChI=1S/C14H23BrN2/c1-4-9-16-14(11(2)3)8-7-13-6-5-12(15)10-17-13/h5-6,10-11,14,16H,4,7-9H2,1-3H3. The molecule has 1 unspecified atom stereocenters. The van der Waals surface area contributed by atoms with E-state index in [0.717, 1.165) is 23.9 Å². The van der Waals surface area contributed by atoms with E-state index in [1.54, 1.807) is 0 Å². The summed E-state index contributed by atoms with van der Waals surface area (Å²) in [4.78, 5) is 4.42. The Morgan fingerprint density at radius 3 is 2.65 bits per heavy atom. The third-order valence-electron chi connectivity index (χ3n) is 2.96. The number of nitrogens with zero attached hydrogens (tertiary/aromatic N) is 1. The predicted octanol–water partition coefficient (Wildman–Crippen LogP) is 3.80. The third-order valence-corrected chi connectivity index (χ3v) is 3.43. The number of hydrogen-bond acceptors (Lipinski definition) is 2.